The number of halogens is 4. The Hall–Kier alpha value is -2.42. The van der Waals surface area contributed by atoms with Gasteiger partial charge in [0, 0.05) is 5.56 Å². The van der Waals surface area contributed by atoms with Crippen LogP contribution in [0.25, 0.3) is 6.08 Å². The van der Waals surface area contributed by atoms with E-state index >= 15 is 0 Å². The molecule has 1 amide bonds. The zero-order chi connectivity index (χ0) is 17.0. The Morgan fingerprint density at radius 1 is 1.22 bits per heavy atom. The van der Waals surface area contributed by atoms with Gasteiger partial charge in [0.15, 0.2) is 0 Å². The first-order chi connectivity index (χ1) is 10.9. The summed E-state index contributed by atoms with van der Waals surface area (Å²) >= 11 is 11.8. The molecule has 0 bridgehead atoms. The highest BCUT2D eigenvalue weighted by atomic mass is 35.5. The first-order valence-electron chi connectivity index (χ1n) is 6.24. The third kappa shape index (κ3) is 4.07. The van der Waals surface area contributed by atoms with Gasteiger partial charge in [-0.1, -0.05) is 29.3 Å². The molecule has 0 aliphatic carbocycles. The Morgan fingerprint density at radius 2 is 1.96 bits per heavy atom. The van der Waals surface area contributed by atoms with Gasteiger partial charge in [0.05, 0.1) is 15.7 Å². The van der Waals surface area contributed by atoms with Crippen LogP contribution in [0.2, 0.25) is 10.0 Å². The topological polar surface area (TPSA) is 52.9 Å². The summed E-state index contributed by atoms with van der Waals surface area (Å²) in [4.78, 5) is 12.1. The summed E-state index contributed by atoms with van der Waals surface area (Å²) < 4.78 is 26.7. The van der Waals surface area contributed by atoms with E-state index in [0.29, 0.717) is 0 Å². The molecule has 2 aromatic rings. The second-order valence-electron chi connectivity index (χ2n) is 4.39. The number of hydrogen-bond acceptors (Lipinski definition) is 2. The number of amides is 1. The fourth-order valence-corrected chi connectivity index (χ4v) is 2.07. The lowest BCUT2D eigenvalue weighted by Gasteiger charge is -2.07. The van der Waals surface area contributed by atoms with Crippen LogP contribution in [0, 0.1) is 23.0 Å². The quantitative estimate of drug-likeness (QED) is 0.636. The summed E-state index contributed by atoms with van der Waals surface area (Å²) in [5.41, 5.74) is -0.426. The maximum Gasteiger partial charge on any atom is 0.266 e. The summed E-state index contributed by atoms with van der Waals surface area (Å²) in [5.74, 6) is -2.26. The maximum absolute atomic E-state index is 13.6. The van der Waals surface area contributed by atoms with Gasteiger partial charge in [0.1, 0.15) is 23.3 Å². The molecule has 0 fully saturated rings. The van der Waals surface area contributed by atoms with Gasteiger partial charge in [-0.25, -0.2) is 8.78 Å². The molecule has 0 saturated heterocycles. The van der Waals surface area contributed by atoms with Crippen molar-refractivity contribution in [3.05, 3.63) is 69.2 Å². The van der Waals surface area contributed by atoms with Gasteiger partial charge in [-0.15, -0.1) is 0 Å². The fraction of sp³-hybridized carbons (Fsp3) is 0. The number of hydrogen-bond donors (Lipinski definition) is 1. The minimum atomic E-state index is -0.819. The molecule has 2 aromatic carbocycles. The Morgan fingerprint density at radius 3 is 2.65 bits per heavy atom. The summed E-state index contributed by atoms with van der Waals surface area (Å²) in [6.07, 6.45) is 0.951. The number of nitrogens with zero attached hydrogens (tertiary/aromatic N) is 1. The van der Waals surface area contributed by atoms with E-state index in [4.69, 9.17) is 28.5 Å². The fourth-order valence-electron chi connectivity index (χ4n) is 1.72. The molecule has 1 N–H and O–H groups in total. The molecule has 0 atom stereocenters. The van der Waals surface area contributed by atoms with Crippen LogP contribution in [-0.2, 0) is 4.79 Å². The standard InChI is InChI=1S/C16H8Cl2F2N2O/c17-12-2-1-3-14(15(12)18)22-16(23)10(8-21)6-9-7-11(19)4-5-13(9)20/h1-7H,(H,22,23)/b10-6+. The Bertz CT molecular complexity index is 844. The second kappa shape index (κ2) is 7.23. The molecule has 3 nitrogen and oxygen atoms in total. The van der Waals surface area contributed by atoms with Gasteiger partial charge in [0.25, 0.3) is 5.91 Å². The highest BCUT2D eigenvalue weighted by Crippen LogP contribution is 2.29. The van der Waals surface area contributed by atoms with Crippen molar-refractivity contribution in [3.63, 3.8) is 0 Å². The van der Waals surface area contributed by atoms with Crippen LogP contribution in [0.3, 0.4) is 0 Å². The zero-order valence-electron chi connectivity index (χ0n) is 11.4. The molecule has 116 valence electrons. The van der Waals surface area contributed by atoms with Crippen molar-refractivity contribution in [2.75, 3.05) is 5.32 Å². The van der Waals surface area contributed by atoms with E-state index in [9.17, 15) is 13.6 Å². The van der Waals surface area contributed by atoms with E-state index in [2.05, 4.69) is 5.32 Å². The summed E-state index contributed by atoms with van der Waals surface area (Å²) in [6.45, 7) is 0. The van der Waals surface area contributed by atoms with Crippen molar-refractivity contribution < 1.29 is 13.6 Å². The molecule has 0 aliphatic rings. The third-order valence-electron chi connectivity index (χ3n) is 2.82. The molecule has 0 spiro atoms. The van der Waals surface area contributed by atoms with Crippen LogP contribution in [0.5, 0.6) is 0 Å². The average molecular weight is 353 g/mol. The summed E-state index contributed by atoms with van der Waals surface area (Å²) in [7, 11) is 0. The van der Waals surface area contributed by atoms with E-state index in [1.54, 1.807) is 12.1 Å². The predicted octanol–water partition coefficient (Wildman–Crippen LogP) is 4.82. The van der Waals surface area contributed by atoms with Gasteiger partial charge in [-0.3, -0.25) is 4.79 Å². The third-order valence-corrected chi connectivity index (χ3v) is 3.64. The van der Waals surface area contributed by atoms with Crippen LogP contribution in [0.4, 0.5) is 14.5 Å². The van der Waals surface area contributed by atoms with E-state index in [1.165, 1.54) is 12.1 Å². The largest absolute Gasteiger partial charge is 0.320 e. The monoisotopic (exact) mass is 352 g/mol. The van der Waals surface area contributed by atoms with Crippen LogP contribution in [0.15, 0.2) is 42.0 Å². The molecule has 0 radical (unpaired) electrons. The van der Waals surface area contributed by atoms with Crippen molar-refractivity contribution in [1.82, 2.24) is 0 Å². The summed E-state index contributed by atoms with van der Waals surface area (Å²) in [6, 6.07) is 8.94. The minimum Gasteiger partial charge on any atom is -0.320 e. The van der Waals surface area contributed by atoms with E-state index < -0.39 is 23.1 Å². The molecule has 23 heavy (non-hydrogen) atoms. The molecule has 0 aromatic heterocycles. The second-order valence-corrected chi connectivity index (χ2v) is 5.18. The Balaban J connectivity index is 2.32. The molecule has 0 saturated carbocycles. The Labute approximate surface area is 140 Å². The van der Waals surface area contributed by atoms with Crippen LogP contribution >= 0.6 is 23.2 Å². The SMILES string of the molecule is N#C/C(=C\c1cc(F)ccc1F)C(=O)Nc1cccc(Cl)c1Cl. The Kier molecular flexibility index (Phi) is 5.32. The number of rotatable bonds is 3. The predicted molar refractivity (Wildman–Crippen MR) is 85.0 cm³/mol. The number of anilines is 1. The molecule has 0 aliphatic heterocycles. The molecule has 0 unspecified atom stereocenters. The number of benzene rings is 2. The van der Waals surface area contributed by atoms with Crippen molar-refractivity contribution in [1.29, 1.82) is 5.26 Å². The highest BCUT2D eigenvalue weighted by Gasteiger charge is 2.14. The highest BCUT2D eigenvalue weighted by molar-refractivity contribution is 6.44. The number of carbonyl (C=O) groups is 1. The van der Waals surface area contributed by atoms with E-state index in [-0.39, 0.29) is 21.3 Å². The van der Waals surface area contributed by atoms with Gasteiger partial charge in [-0.2, -0.15) is 5.26 Å². The van der Waals surface area contributed by atoms with Gasteiger partial charge >= 0.3 is 0 Å². The van der Waals surface area contributed by atoms with Crippen LogP contribution in [-0.4, -0.2) is 5.91 Å². The summed E-state index contributed by atoms with van der Waals surface area (Å²) in [5, 5.41) is 11.8. The lowest BCUT2D eigenvalue weighted by molar-refractivity contribution is -0.112. The average Bonchev–Trinajstić information content (AvgIpc) is 2.52. The first kappa shape index (κ1) is 16.9. The molecular formula is C16H8Cl2F2N2O. The first-order valence-corrected chi connectivity index (χ1v) is 7.00. The van der Waals surface area contributed by atoms with Gasteiger partial charge < -0.3 is 5.32 Å². The van der Waals surface area contributed by atoms with Crippen LogP contribution in [0.1, 0.15) is 5.56 Å². The van der Waals surface area contributed by atoms with E-state index in [0.717, 1.165) is 24.3 Å². The van der Waals surface area contributed by atoms with Crippen molar-refractivity contribution >= 4 is 40.9 Å². The number of carbonyl (C=O) groups excluding carboxylic acids is 1. The maximum atomic E-state index is 13.6. The molecular weight excluding hydrogens is 345 g/mol. The van der Waals surface area contributed by atoms with Crippen LogP contribution < -0.4 is 5.32 Å². The minimum absolute atomic E-state index is 0.108. The number of nitrogens with one attached hydrogen (secondary N) is 1. The lowest BCUT2D eigenvalue weighted by atomic mass is 10.1. The normalized spacial score (nSPS) is 11.0. The van der Waals surface area contributed by atoms with E-state index in [1.807, 2.05) is 0 Å². The zero-order valence-corrected chi connectivity index (χ0v) is 12.9. The van der Waals surface area contributed by atoms with Crippen molar-refractivity contribution in [2.45, 2.75) is 0 Å². The van der Waals surface area contributed by atoms with Gasteiger partial charge in [-0.05, 0) is 36.4 Å². The van der Waals surface area contributed by atoms with Crippen molar-refractivity contribution in [2.24, 2.45) is 0 Å². The van der Waals surface area contributed by atoms with Gasteiger partial charge in [0.2, 0.25) is 0 Å². The van der Waals surface area contributed by atoms with Crippen molar-refractivity contribution in [3.8, 4) is 6.07 Å². The molecule has 7 heteroatoms. The number of nitriles is 1. The lowest BCUT2D eigenvalue weighted by Crippen LogP contribution is -2.14. The smallest absolute Gasteiger partial charge is 0.266 e. The molecule has 0 heterocycles. The molecule has 2 rings (SSSR count).